The molecule has 2 aromatic rings. The molecule has 0 spiro atoms. The van der Waals surface area contributed by atoms with Gasteiger partial charge in [-0.2, -0.15) is 0 Å². The highest BCUT2D eigenvalue weighted by Crippen LogP contribution is 2.50. The maximum atomic E-state index is 13.5. The molecular weight excluding hydrogens is 569 g/mol. The largest absolute Gasteiger partial charge is 0.488 e. The van der Waals surface area contributed by atoms with Gasteiger partial charge in [-0.25, -0.2) is 4.79 Å². The van der Waals surface area contributed by atoms with E-state index in [1.54, 1.807) is 31.2 Å². The molecule has 1 heterocycles. The molecule has 2 aromatic carbocycles. The van der Waals surface area contributed by atoms with Crippen LogP contribution >= 0.6 is 39.1 Å². The minimum Gasteiger partial charge on any atom is -0.488 e. The Bertz CT molecular complexity index is 1280. The van der Waals surface area contributed by atoms with E-state index in [2.05, 4.69) is 15.9 Å². The standard InChI is InChI=1S/C27H26BrCl2NO5/c1-4-34-26(33)24-22(23-19(32)11-27(2,3)12-21(23)36-25(24)31)15-10-14(28)8-9-20(15)35-13-16-17(29)6-5-7-18(16)30/h5-10,22H,4,11-13,31H2,1-3H3. The Balaban J connectivity index is 1.85. The van der Waals surface area contributed by atoms with E-state index in [1.807, 2.05) is 26.0 Å². The Morgan fingerprint density at radius 2 is 1.89 bits per heavy atom. The molecule has 6 nitrogen and oxygen atoms in total. The van der Waals surface area contributed by atoms with Crippen LogP contribution in [0, 0.1) is 5.41 Å². The van der Waals surface area contributed by atoms with Crippen molar-refractivity contribution >= 4 is 50.9 Å². The molecule has 2 N–H and O–H groups in total. The molecule has 9 heteroatoms. The molecule has 0 fully saturated rings. The lowest BCUT2D eigenvalue weighted by Crippen LogP contribution is -2.35. The molecule has 36 heavy (non-hydrogen) atoms. The highest BCUT2D eigenvalue weighted by molar-refractivity contribution is 9.10. The van der Waals surface area contributed by atoms with Gasteiger partial charge in [0.05, 0.1) is 12.5 Å². The summed E-state index contributed by atoms with van der Waals surface area (Å²) < 4.78 is 18.1. The smallest absolute Gasteiger partial charge is 0.340 e. The molecule has 2 aliphatic rings. The molecule has 0 saturated heterocycles. The predicted octanol–water partition coefficient (Wildman–Crippen LogP) is 6.83. The van der Waals surface area contributed by atoms with Crippen molar-refractivity contribution in [1.29, 1.82) is 0 Å². The second kappa shape index (κ2) is 10.5. The van der Waals surface area contributed by atoms with Crippen LogP contribution in [0.15, 0.2) is 63.7 Å². The number of benzene rings is 2. The highest BCUT2D eigenvalue weighted by atomic mass is 79.9. The lowest BCUT2D eigenvalue weighted by Gasteiger charge is -2.38. The van der Waals surface area contributed by atoms with Crippen molar-refractivity contribution in [3.8, 4) is 5.75 Å². The fourth-order valence-electron chi connectivity index (χ4n) is 4.60. The van der Waals surface area contributed by atoms with Gasteiger partial charge in [0.1, 0.15) is 23.7 Å². The zero-order valence-electron chi connectivity index (χ0n) is 20.1. The number of nitrogens with two attached hydrogens (primary N) is 1. The first-order valence-electron chi connectivity index (χ1n) is 11.5. The maximum Gasteiger partial charge on any atom is 0.340 e. The summed E-state index contributed by atoms with van der Waals surface area (Å²) in [6, 6.07) is 10.6. The van der Waals surface area contributed by atoms with Crippen LogP contribution < -0.4 is 10.5 Å². The molecule has 0 radical (unpaired) electrons. The fraction of sp³-hybridized carbons (Fsp3) is 0.333. The van der Waals surface area contributed by atoms with Gasteiger partial charge in [-0.05, 0) is 42.7 Å². The van der Waals surface area contributed by atoms with Crippen LogP contribution in [-0.2, 0) is 25.7 Å². The molecule has 0 amide bonds. The van der Waals surface area contributed by atoms with Gasteiger partial charge in [0.25, 0.3) is 0 Å². The number of esters is 1. The van der Waals surface area contributed by atoms with E-state index in [0.29, 0.717) is 51.1 Å². The predicted molar refractivity (Wildman–Crippen MR) is 142 cm³/mol. The number of allylic oxidation sites excluding steroid dienone is 2. The van der Waals surface area contributed by atoms with Gasteiger partial charge in [-0.1, -0.05) is 59.0 Å². The van der Waals surface area contributed by atoms with E-state index in [1.165, 1.54) is 0 Å². The average Bonchev–Trinajstić information content (AvgIpc) is 2.77. The number of rotatable bonds is 6. The molecule has 4 rings (SSSR count). The monoisotopic (exact) mass is 593 g/mol. The van der Waals surface area contributed by atoms with Gasteiger partial charge in [-0.3, -0.25) is 4.79 Å². The summed E-state index contributed by atoms with van der Waals surface area (Å²) in [5.74, 6) is -0.759. The van der Waals surface area contributed by atoms with E-state index in [0.717, 1.165) is 4.47 Å². The second-order valence-electron chi connectivity index (χ2n) is 9.48. The quantitative estimate of drug-likeness (QED) is 0.369. The van der Waals surface area contributed by atoms with Crippen molar-refractivity contribution in [3.63, 3.8) is 0 Å². The van der Waals surface area contributed by atoms with Crippen molar-refractivity contribution in [3.05, 3.63) is 84.8 Å². The third-order valence-electron chi connectivity index (χ3n) is 6.17. The Labute approximate surface area is 228 Å². The zero-order chi connectivity index (χ0) is 26.2. The van der Waals surface area contributed by atoms with E-state index in [-0.39, 0.29) is 35.9 Å². The number of ether oxygens (including phenoxy) is 3. The third kappa shape index (κ3) is 5.29. The molecule has 0 saturated carbocycles. The summed E-state index contributed by atoms with van der Waals surface area (Å²) in [6.45, 7) is 5.91. The van der Waals surface area contributed by atoms with E-state index in [9.17, 15) is 9.59 Å². The highest BCUT2D eigenvalue weighted by Gasteiger charge is 2.46. The molecular formula is C27H26BrCl2NO5. The number of hydrogen-bond donors (Lipinski definition) is 1. The van der Waals surface area contributed by atoms with Crippen LogP contribution in [0.3, 0.4) is 0 Å². The summed E-state index contributed by atoms with van der Waals surface area (Å²) >= 11 is 16.2. The Morgan fingerprint density at radius 1 is 1.19 bits per heavy atom. The van der Waals surface area contributed by atoms with Crippen molar-refractivity contribution < 1.29 is 23.8 Å². The third-order valence-corrected chi connectivity index (χ3v) is 7.37. The molecule has 1 atom stereocenters. The van der Waals surface area contributed by atoms with E-state index >= 15 is 0 Å². The number of carbonyl (C=O) groups is 2. The molecule has 1 aliphatic heterocycles. The van der Waals surface area contributed by atoms with Crippen LogP contribution in [0.25, 0.3) is 0 Å². The van der Waals surface area contributed by atoms with E-state index < -0.39 is 11.9 Å². The number of Topliss-reactive ketones (excluding diaryl/α,β-unsaturated/α-hetero) is 1. The Morgan fingerprint density at radius 3 is 2.56 bits per heavy atom. The lowest BCUT2D eigenvalue weighted by atomic mass is 9.70. The Hall–Kier alpha value is -2.48. The zero-order valence-corrected chi connectivity index (χ0v) is 23.2. The van der Waals surface area contributed by atoms with Gasteiger partial charge in [-0.15, -0.1) is 0 Å². The SMILES string of the molecule is CCOC(=O)C1=C(N)OC2=C(C(=O)CC(C)(C)C2)C1c1cc(Br)ccc1OCc1c(Cl)cccc1Cl. The first-order valence-corrected chi connectivity index (χ1v) is 13.0. The van der Waals surface area contributed by atoms with Crippen molar-refractivity contribution in [2.75, 3.05) is 6.61 Å². The van der Waals surface area contributed by atoms with Crippen LogP contribution in [0.1, 0.15) is 50.7 Å². The van der Waals surface area contributed by atoms with Gasteiger partial charge in [0, 0.05) is 44.1 Å². The topological polar surface area (TPSA) is 87.9 Å². The Kier molecular flexibility index (Phi) is 7.74. The summed E-state index contributed by atoms with van der Waals surface area (Å²) in [6.07, 6.45) is 0.807. The number of ketones is 1. The van der Waals surface area contributed by atoms with Gasteiger partial charge < -0.3 is 19.9 Å². The molecule has 1 unspecified atom stereocenters. The van der Waals surface area contributed by atoms with E-state index in [4.69, 9.17) is 43.1 Å². The summed E-state index contributed by atoms with van der Waals surface area (Å²) in [4.78, 5) is 26.6. The van der Waals surface area contributed by atoms with Crippen LogP contribution in [0.5, 0.6) is 5.75 Å². The van der Waals surface area contributed by atoms with Crippen LogP contribution in [0.4, 0.5) is 0 Å². The second-order valence-corrected chi connectivity index (χ2v) is 11.2. The van der Waals surface area contributed by atoms with Crippen LogP contribution in [-0.4, -0.2) is 18.4 Å². The maximum absolute atomic E-state index is 13.5. The number of hydrogen-bond acceptors (Lipinski definition) is 6. The van der Waals surface area contributed by atoms with Gasteiger partial charge in [0.15, 0.2) is 5.78 Å². The normalized spacial score (nSPS) is 19.1. The van der Waals surface area contributed by atoms with Gasteiger partial charge >= 0.3 is 5.97 Å². The van der Waals surface area contributed by atoms with Crippen molar-refractivity contribution in [2.24, 2.45) is 11.1 Å². The fourth-order valence-corrected chi connectivity index (χ4v) is 5.49. The molecule has 0 aromatic heterocycles. The summed E-state index contributed by atoms with van der Waals surface area (Å²) in [5, 5.41) is 0.941. The molecule has 0 bridgehead atoms. The average molecular weight is 595 g/mol. The number of halogens is 3. The van der Waals surface area contributed by atoms with Crippen molar-refractivity contribution in [1.82, 2.24) is 0 Å². The van der Waals surface area contributed by atoms with Crippen molar-refractivity contribution in [2.45, 2.75) is 46.1 Å². The van der Waals surface area contributed by atoms with Gasteiger partial charge in [0.2, 0.25) is 5.88 Å². The number of carbonyl (C=O) groups excluding carboxylic acids is 2. The first-order chi connectivity index (χ1) is 17.0. The molecule has 190 valence electrons. The summed E-state index contributed by atoms with van der Waals surface area (Å²) in [5.41, 5.74) is 7.65. The minimum absolute atomic E-state index is 0.0717. The molecule has 1 aliphatic carbocycles. The van der Waals surface area contributed by atoms with Crippen LogP contribution in [0.2, 0.25) is 10.0 Å². The first kappa shape index (κ1) is 26.6. The minimum atomic E-state index is -0.828. The summed E-state index contributed by atoms with van der Waals surface area (Å²) in [7, 11) is 0. The lowest BCUT2D eigenvalue weighted by molar-refractivity contribution is -0.139.